The zero-order chi connectivity index (χ0) is 15.2. The summed E-state index contributed by atoms with van der Waals surface area (Å²) in [5.74, 6) is 0.0144. The van der Waals surface area contributed by atoms with E-state index < -0.39 is 0 Å². The van der Waals surface area contributed by atoms with Gasteiger partial charge in [-0.25, -0.2) is 10.5 Å². The summed E-state index contributed by atoms with van der Waals surface area (Å²) in [6, 6.07) is 8.37. The van der Waals surface area contributed by atoms with Gasteiger partial charge in [0.15, 0.2) is 0 Å². The fourth-order valence-corrected chi connectivity index (χ4v) is 1.89. The van der Waals surface area contributed by atoms with Crippen LogP contribution in [0.4, 0.5) is 11.5 Å². The highest BCUT2D eigenvalue weighted by atomic mass is 35.5. The van der Waals surface area contributed by atoms with Crippen molar-refractivity contribution >= 4 is 40.6 Å². The topological polar surface area (TPSA) is 63.2 Å². The highest BCUT2D eigenvalue weighted by Crippen LogP contribution is 2.27. The third kappa shape index (κ3) is 4.07. The molecule has 2 aromatic rings. The lowest BCUT2D eigenvalue weighted by molar-refractivity contribution is 0.0365. The number of anilines is 2. The van der Waals surface area contributed by atoms with E-state index in [4.69, 9.17) is 28.0 Å². The summed E-state index contributed by atoms with van der Waals surface area (Å²) in [7, 11) is 0. The van der Waals surface area contributed by atoms with Crippen LogP contribution in [0, 0.1) is 0 Å². The molecule has 0 spiro atoms. The fourth-order valence-electron chi connectivity index (χ4n) is 1.59. The van der Waals surface area contributed by atoms with Gasteiger partial charge in [-0.1, -0.05) is 23.2 Å². The normalized spacial score (nSPS) is 10.2. The van der Waals surface area contributed by atoms with E-state index in [0.29, 0.717) is 33.7 Å². The van der Waals surface area contributed by atoms with Gasteiger partial charge in [0.05, 0.1) is 22.2 Å². The summed E-state index contributed by atoms with van der Waals surface area (Å²) >= 11 is 11.8. The smallest absolute Gasteiger partial charge is 0.278 e. The van der Waals surface area contributed by atoms with Crippen LogP contribution in [0.1, 0.15) is 17.3 Å². The van der Waals surface area contributed by atoms with E-state index in [-0.39, 0.29) is 5.91 Å². The first-order valence-corrected chi connectivity index (χ1v) is 6.96. The Morgan fingerprint density at radius 2 is 2.10 bits per heavy atom. The Bertz CT molecular complexity index is 650. The number of hydrogen-bond acceptors (Lipinski definition) is 4. The predicted octanol–water partition coefficient (Wildman–Crippen LogP) is 3.81. The van der Waals surface area contributed by atoms with E-state index in [1.54, 1.807) is 43.5 Å². The molecule has 1 aromatic heterocycles. The van der Waals surface area contributed by atoms with Crippen LogP contribution >= 0.6 is 23.2 Å². The van der Waals surface area contributed by atoms with Crippen molar-refractivity contribution < 1.29 is 9.63 Å². The first-order chi connectivity index (χ1) is 10.1. The van der Waals surface area contributed by atoms with Gasteiger partial charge in [-0.3, -0.25) is 9.63 Å². The van der Waals surface area contributed by atoms with Crippen LogP contribution in [0.15, 0.2) is 36.5 Å². The second kappa shape index (κ2) is 7.26. The molecular formula is C14H13Cl2N3O2. The predicted molar refractivity (Wildman–Crippen MR) is 83.1 cm³/mol. The van der Waals surface area contributed by atoms with Gasteiger partial charge in [0.2, 0.25) is 0 Å². The number of nitrogens with one attached hydrogen (secondary N) is 2. The summed E-state index contributed by atoms with van der Waals surface area (Å²) in [5, 5.41) is 3.90. The molecule has 2 rings (SSSR count). The van der Waals surface area contributed by atoms with Gasteiger partial charge in [-0.15, -0.1) is 0 Å². The molecule has 110 valence electrons. The van der Waals surface area contributed by atoms with Crippen LogP contribution in [0.2, 0.25) is 10.0 Å². The highest BCUT2D eigenvalue weighted by molar-refractivity contribution is 6.42. The van der Waals surface area contributed by atoms with Crippen LogP contribution in [0.25, 0.3) is 0 Å². The molecule has 0 saturated carbocycles. The Kier molecular flexibility index (Phi) is 5.38. The van der Waals surface area contributed by atoms with Crippen molar-refractivity contribution in [3.05, 3.63) is 52.1 Å². The molecule has 0 aliphatic heterocycles. The summed E-state index contributed by atoms with van der Waals surface area (Å²) < 4.78 is 0. The molecule has 2 N–H and O–H groups in total. The number of hydroxylamine groups is 1. The van der Waals surface area contributed by atoms with Crippen LogP contribution in [0.3, 0.4) is 0 Å². The SMILES string of the molecule is CCONC(=O)c1cccnc1Nc1ccc(Cl)c(Cl)c1. The Labute approximate surface area is 132 Å². The Balaban J connectivity index is 2.23. The number of aromatic nitrogens is 1. The van der Waals surface area contributed by atoms with E-state index in [0.717, 1.165) is 0 Å². The molecule has 21 heavy (non-hydrogen) atoms. The summed E-state index contributed by atoms with van der Waals surface area (Å²) in [6.07, 6.45) is 1.58. The first kappa shape index (κ1) is 15.6. The zero-order valence-electron chi connectivity index (χ0n) is 11.2. The Morgan fingerprint density at radius 3 is 2.81 bits per heavy atom. The maximum atomic E-state index is 12.0. The van der Waals surface area contributed by atoms with Crippen molar-refractivity contribution in [2.24, 2.45) is 0 Å². The Morgan fingerprint density at radius 1 is 1.29 bits per heavy atom. The maximum Gasteiger partial charge on any atom is 0.278 e. The summed E-state index contributed by atoms with van der Waals surface area (Å²) in [4.78, 5) is 21.0. The molecule has 0 unspecified atom stereocenters. The van der Waals surface area contributed by atoms with E-state index in [1.807, 2.05) is 0 Å². The van der Waals surface area contributed by atoms with Crippen LogP contribution < -0.4 is 10.8 Å². The standard InChI is InChI=1S/C14H13Cl2N3O2/c1-2-21-19-14(20)10-4-3-7-17-13(10)18-9-5-6-11(15)12(16)8-9/h3-8H,2H2,1H3,(H,17,18)(H,19,20). The number of halogens is 2. The number of hydrogen-bond donors (Lipinski definition) is 2. The summed E-state index contributed by atoms with van der Waals surface area (Å²) in [6.45, 7) is 2.15. The van der Waals surface area contributed by atoms with Gasteiger partial charge in [0.25, 0.3) is 5.91 Å². The first-order valence-electron chi connectivity index (χ1n) is 6.21. The Hall–Kier alpha value is -1.82. The number of pyridine rings is 1. The van der Waals surface area contributed by atoms with Gasteiger partial charge >= 0.3 is 0 Å². The molecule has 0 bridgehead atoms. The largest absolute Gasteiger partial charge is 0.340 e. The lowest BCUT2D eigenvalue weighted by atomic mass is 10.2. The number of nitrogens with zero attached hydrogens (tertiary/aromatic N) is 1. The monoisotopic (exact) mass is 325 g/mol. The van der Waals surface area contributed by atoms with Gasteiger partial charge in [0, 0.05) is 11.9 Å². The van der Waals surface area contributed by atoms with Gasteiger partial charge in [-0.2, -0.15) is 0 Å². The maximum absolute atomic E-state index is 12.0. The molecule has 0 fully saturated rings. The number of amides is 1. The van der Waals surface area contributed by atoms with Gasteiger partial charge in [0.1, 0.15) is 5.82 Å². The van der Waals surface area contributed by atoms with E-state index in [9.17, 15) is 4.79 Å². The number of carbonyl (C=O) groups excluding carboxylic acids is 1. The minimum atomic E-state index is -0.382. The second-order valence-corrected chi connectivity index (χ2v) is 4.83. The molecule has 1 amide bonds. The lowest BCUT2D eigenvalue weighted by Gasteiger charge is -2.11. The second-order valence-electron chi connectivity index (χ2n) is 4.02. The van der Waals surface area contributed by atoms with Gasteiger partial charge in [-0.05, 0) is 37.3 Å². The molecule has 0 saturated heterocycles. The number of carbonyl (C=O) groups is 1. The molecule has 0 radical (unpaired) electrons. The van der Waals surface area contributed by atoms with Crippen LogP contribution in [-0.4, -0.2) is 17.5 Å². The molecule has 5 nitrogen and oxygen atoms in total. The van der Waals surface area contributed by atoms with Crippen molar-refractivity contribution in [1.82, 2.24) is 10.5 Å². The van der Waals surface area contributed by atoms with Crippen molar-refractivity contribution in [3.8, 4) is 0 Å². The zero-order valence-corrected chi connectivity index (χ0v) is 12.7. The van der Waals surface area contributed by atoms with Crippen molar-refractivity contribution in [2.75, 3.05) is 11.9 Å². The molecule has 0 atom stereocenters. The molecule has 0 aliphatic rings. The quantitative estimate of drug-likeness (QED) is 0.820. The molecular weight excluding hydrogens is 313 g/mol. The minimum Gasteiger partial charge on any atom is -0.340 e. The van der Waals surface area contributed by atoms with Crippen LogP contribution in [0.5, 0.6) is 0 Å². The minimum absolute atomic E-state index is 0.358. The van der Waals surface area contributed by atoms with E-state index in [1.165, 1.54) is 0 Å². The van der Waals surface area contributed by atoms with Crippen LogP contribution in [-0.2, 0) is 4.84 Å². The number of benzene rings is 1. The molecule has 1 aromatic carbocycles. The number of rotatable bonds is 5. The summed E-state index contributed by atoms with van der Waals surface area (Å²) in [5.41, 5.74) is 3.36. The van der Waals surface area contributed by atoms with Crippen molar-refractivity contribution in [2.45, 2.75) is 6.92 Å². The van der Waals surface area contributed by atoms with Crippen molar-refractivity contribution in [3.63, 3.8) is 0 Å². The average Bonchev–Trinajstić information content (AvgIpc) is 2.49. The highest BCUT2D eigenvalue weighted by Gasteiger charge is 2.12. The molecule has 7 heteroatoms. The fraction of sp³-hybridized carbons (Fsp3) is 0.143. The molecule has 0 aliphatic carbocycles. The average molecular weight is 326 g/mol. The van der Waals surface area contributed by atoms with Gasteiger partial charge < -0.3 is 5.32 Å². The molecule has 1 heterocycles. The van der Waals surface area contributed by atoms with Crippen molar-refractivity contribution in [1.29, 1.82) is 0 Å². The lowest BCUT2D eigenvalue weighted by Crippen LogP contribution is -2.24. The van der Waals surface area contributed by atoms with E-state index >= 15 is 0 Å². The third-order valence-electron chi connectivity index (χ3n) is 2.54. The third-order valence-corrected chi connectivity index (χ3v) is 3.28. The van der Waals surface area contributed by atoms with E-state index in [2.05, 4.69) is 15.8 Å².